The Bertz CT molecular complexity index is 1530. The Morgan fingerprint density at radius 1 is 0.941 bits per heavy atom. The summed E-state index contributed by atoms with van der Waals surface area (Å²) in [6.07, 6.45) is 1.50. The van der Waals surface area contributed by atoms with Crippen molar-refractivity contribution in [2.75, 3.05) is 5.32 Å². The maximum atomic E-state index is 14.2. The third-order valence-corrected chi connectivity index (χ3v) is 5.84. The van der Waals surface area contributed by atoms with Crippen LogP contribution < -0.4 is 5.32 Å². The molecule has 1 atom stereocenters. The minimum atomic E-state index is -0.927. The number of anilines is 1. The zero-order valence-corrected chi connectivity index (χ0v) is 18.0. The average molecular weight is 453 g/mol. The van der Waals surface area contributed by atoms with Gasteiger partial charge in [0.25, 0.3) is 5.91 Å². The van der Waals surface area contributed by atoms with E-state index in [1.54, 1.807) is 48.8 Å². The highest BCUT2D eigenvalue weighted by Crippen LogP contribution is 2.29. The summed E-state index contributed by atoms with van der Waals surface area (Å²) in [7, 11) is 0. The Labute approximate surface area is 194 Å². The summed E-state index contributed by atoms with van der Waals surface area (Å²) < 4.78 is 16.0. The first kappa shape index (κ1) is 21.3. The van der Waals surface area contributed by atoms with E-state index in [-0.39, 0.29) is 18.1 Å². The SMILES string of the molecule is O=C(O)CC(c1ccccc1)n1cnc2ccc(NC(=O)c3ccc(F)c4ccccc34)cc21. The van der Waals surface area contributed by atoms with Crippen LogP contribution in [0.25, 0.3) is 21.8 Å². The fourth-order valence-electron chi connectivity index (χ4n) is 4.23. The van der Waals surface area contributed by atoms with Crippen LogP contribution in [0.2, 0.25) is 0 Å². The first-order chi connectivity index (χ1) is 16.5. The van der Waals surface area contributed by atoms with E-state index in [1.807, 2.05) is 34.9 Å². The molecule has 5 rings (SSSR count). The molecular formula is C27H20FN3O3. The lowest BCUT2D eigenvalue weighted by atomic mass is 10.0. The standard InChI is InChI=1S/C27H20FN3O3/c28-22-12-11-21(19-8-4-5-9-20(19)22)27(34)30-18-10-13-23-25(14-18)31(16-29-23)24(15-26(32)33)17-6-2-1-3-7-17/h1-14,16,24H,15H2,(H,30,34)(H,32,33). The number of hydrogen-bond acceptors (Lipinski definition) is 3. The number of rotatable bonds is 6. The molecule has 2 N–H and O–H groups in total. The van der Waals surface area contributed by atoms with E-state index in [9.17, 15) is 19.1 Å². The molecule has 0 bridgehead atoms. The zero-order chi connectivity index (χ0) is 23.7. The fraction of sp³-hybridized carbons (Fsp3) is 0.0741. The molecule has 0 aliphatic rings. The van der Waals surface area contributed by atoms with E-state index in [2.05, 4.69) is 10.3 Å². The fourth-order valence-corrected chi connectivity index (χ4v) is 4.23. The number of aliphatic carboxylic acids is 1. The normalized spacial score (nSPS) is 12.0. The minimum absolute atomic E-state index is 0.117. The Balaban J connectivity index is 1.52. The topological polar surface area (TPSA) is 84.2 Å². The third-order valence-electron chi connectivity index (χ3n) is 5.84. The van der Waals surface area contributed by atoms with Crippen LogP contribution >= 0.6 is 0 Å². The maximum Gasteiger partial charge on any atom is 0.305 e. The lowest BCUT2D eigenvalue weighted by molar-refractivity contribution is -0.137. The number of nitrogens with zero attached hydrogens (tertiary/aromatic N) is 2. The molecular weight excluding hydrogens is 433 g/mol. The third kappa shape index (κ3) is 3.99. The molecule has 0 aliphatic heterocycles. The largest absolute Gasteiger partial charge is 0.481 e. The number of carboxylic acids is 1. The molecule has 4 aromatic carbocycles. The molecule has 7 heteroatoms. The molecule has 1 unspecified atom stereocenters. The van der Waals surface area contributed by atoms with Gasteiger partial charge in [0.1, 0.15) is 5.82 Å². The summed E-state index contributed by atoms with van der Waals surface area (Å²) in [5.41, 5.74) is 3.10. The maximum absolute atomic E-state index is 14.2. The molecule has 168 valence electrons. The van der Waals surface area contributed by atoms with E-state index in [0.717, 1.165) is 5.56 Å². The highest BCUT2D eigenvalue weighted by molar-refractivity contribution is 6.13. The van der Waals surface area contributed by atoms with Crippen LogP contribution in [-0.4, -0.2) is 26.5 Å². The summed E-state index contributed by atoms with van der Waals surface area (Å²) in [6, 6.07) is 23.8. The van der Waals surface area contributed by atoms with E-state index in [4.69, 9.17) is 0 Å². The van der Waals surface area contributed by atoms with E-state index in [0.29, 0.717) is 33.1 Å². The molecule has 0 aliphatic carbocycles. The minimum Gasteiger partial charge on any atom is -0.481 e. The Hall–Kier alpha value is -4.52. The Morgan fingerprint density at radius 2 is 1.68 bits per heavy atom. The lowest BCUT2D eigenvalue weighted by Gasteiger charge is -2.18. The second-order valence-corrected chi connectivity index (χ2v) is 7.97. The molecule has 1 heterocycles. The van der Waals surface area contributed by atoms with Crippen molar-refractivity contribution in [3.63, 3.8) is 0 Å². The number of carboxylic acid groups (broad SMARTS) is 1. The van der Waals surface area contributed by atoms with E-state index in [1.165, 1.54) is 12.1 Å². The summed E-state index contributed by atoms with van der Waals surface area (Å²) >= 11 is 0. The van der Waals surface area contributed by atoms with Gasteiger partial charge in [0, 0.05) is 16.6 Å². The van der Waals surface area contributed by atoms with Gasteiger partial charge >= 0.3 is 5.97 Å². The molecule has 0 spiro atoms. The number of carbonyl (C=O) groups excluding carboxylic acids is 1. The first-order valence-corrected chi connectivity index (χ1v) is 10.7. The van der Waals surface area contributed by atoms with Gasteiger partial charge in [-0.2, -0.15) is 0 Å². The zero-order valence-electron chi connectivity index (χ0n) is 18.0. The van der Waals surface area contributed by atoms with Gasteiger partial charge in [-0.25, -0.2) is 9.37 Å². The van der Waals surface area contributed by atoms with Gasteiger partial charge in [0.15, 0.2) is 0 Å². The van der Waals surface area contributed by atoms with Gasteiger partial charge in [0.05, 0.1) is 29.8 Å². The molecule has 0 radical (unpaired) electrons. The van der Waals surface area contributed by atoms with Crippen LogP contribution in [0.5, 0.6) is 0 Å². The van der Waals surface area contributed by atoms with Crippen LogP contribution in [0, 0.1) is 5.82 Å². The monoisotopic (exact) mass is 453 g/mol. The highest BCUT2D eigenvalue weighted by Gasteiger charge is 2.20. The molecule has 0 saturated heterocycles. The van der Waals surface area contributed by atoms with Crippen molar-refractivity contribution in [2.45, 2.75) is 12.5 Å². The van der Waals surface area contributed by atoms with Gasteiger partial charge in [-0.3, -0.25) is 9.59 Å². The molecule has 1 aromatic heterocycles. The first-order valence-electron chi connectivity index (χ1n) is 10.7. The predicted octanol–water partition coefficient (Wildman–Crippen LogP) is 5.65. The summed E-state index contributed by atoms with van der Waals surface area (Å²) in [6.45, 7) is 0. The average Bonchev–Trinajstić information content (AvgIpc) is 3.26. The predicted molar refractivity (Wildman–Crippen MR) is 128 cm³/mol. The van der Waals surface area contributed by atoms with Gasteiger partial charge in [-0.1, -0.05) is 54.6 Å². The second kappa shape index (κ2) is 8.78. The van der Waals surface area contributed by atoms with E-state index >= 15 is 0 Å². The van der Waals surface area contributed by atoms with Crippen molar-refractivity contribution in [1.82, 2.24) is 9.55 Å². The number of hydrogen-bond donors (Lipinski definition) is 2. The smallest absolute Gasteiger partial charge is 0.305 e. The van der Waals surface area contributed by atoms with Crippen molar-refractivity contribution < 1.29 is 19.1 Å². The number of fused-ring (bicyclic) bond motifs is 2. The number of aromatic nitrogens is 2. The van der Waals surface area contributed by atoms with Crippen molar-refractivity contribution in [1.29, 1.82) is 0 Å². The summed E-state index contributed by atoms with van der Waals surface area (Å²) in [5, 5.41) is 13.3. The van der Waals surface area contributed by atoms with Crippen LogP contribution in [0.3, 0.4) is 0 Å². The Kier molecular flexibility index (Phi) is 5.51. The van der Waals surface area contributed by atoms with Crippen molar-refractivity contribution >= 4 is 39.4 Å². The van der Waals surface area contributed by atoms with Gasteiger partial charge in [-0.15, -0.1) is 0 Å². The molecule has 1 amide bonds. The second-order valence-electron chi connectivity index (χ2n) is 7.97. The highest BCUT2D eigenvalue weighted by atomic mass is 19.1. The molecule has 5 aromatic rings. The van der Waals surface area contributed by atoms with E-state index < -0.39 is 12.0 Å². The number of amides is 1. The quantitative estimate of drug-likeness (QED) is 0.348. The molecule has 34 heavy (non-hydrogen) atoms. The Morgan fingerprint density at radius 3 is 2.44 bits per heavy atom. The van der Waals surface area contributed by atoms with Crippen molar-refractivity contribution in [3.8, 4) is 0 Å². The number of nitrogens with one attached hydrogen (secondary N) is 1. The van der Waals surface area contributed by atoms with Crippen molar-refractivity contribution in [2.24, 2.45) is 0 Å². The molecule has 0 saturated carbocycles. The van der Waals surface area contributed by atoms with Gasteiger partial charge in [-0.05, 0) is 41.3 Å². The van der Waals surface area contributed by atoms with Gasteiger partial charge < -0.3 is 15.0 Å². The number of benzene rings is 4. The van der Waals surface area contributed by atoms with Gasteiger partial charge in [0.2, 0.25) is 0 Å². The summed E-state index contributed by atoms with van der Waals surface area (Å²) in [5.74, 6) is -1.68. The number of imidazole rings is 1. The summed E-state index contributed by atoms with van der Waals surface area (Å²) in [4.78, 5) is 29.1. The van der Waals surface area contributed by atoms with Crippen LogP contribution in [0.4, 0.5) is 10.1 Å². The van der Waals surface area contributed by atoms with Crippen molar-refractivity contribution in [3.05, 3.63) is 108 Å². The van der Waals surface area contributed by atoms with Crippen LogP contribution in [0.15, 0.2) is 91.3 Å². The molecule has 0 fully saturated rings. The number of halogens is 1. The molecule has 6 nitrogen and oxygen atoms in total. The van der Waals surface area contributed by atoms with Crippen LogP contribution in [-0.2, 0) is 4.79 Å². The number of carbonyl (C=O) groups is 2. The lowest BCUT2D eigenvalue weighted by Crippen LogP contribution is -2.15. The van der Waals surface area contributed by atoms with Crippen LogP contribution in [0.1, 0.15) is 28.4 Å².